The monoisotopic (exact) mass is 555 g/mol. The van der Waals surface area contributed by atoms with E-state index >= 15 is 0 Å². The molecule has 200 valence electrons. The molecule has 16 heteroatoms. The highest BCUT2D eigenvalue weighted by atomic mass is 32.2. The van der Waals surface area contributed by atoms with E-state index in [0.717, 1.165) is 28.0 Å². The number of ether oxygens (including phenoxy) is 2. The smallest absolute Gasteiger partial charge is 0.413 e. The first-order valence-electron chi connectivity index (χ1n) is 10.8. The summed E-state index contributed by atoms with van der Waals surface area (Å²) in [6.45, 7) is 6.73. The highest BCUT2D eigenvalue weighted by molar-refractivity contribution is 8.00. The summed E-state index contributed by atoms with van der Waals surface area (Å²) in [7, 11) is 1.22. The summed E-state index contributed by atoms with van der Waals surface area (Å²) in [6, 6.07) is -1.09. The maximum Gasteiger partial charge on any atom is 0.413 e. The number of carbonyl (C=O) groups excluding carboxylic acids is 4. The second-order valence-electron chi connectivity index (χ2n) is 8.50. The van der Waals surface area contributed by atoms with Gasteiger partial charge in [-0.1, -0.05) is 5.16 Å². The van der Waals surface area contributed by atoms with E-state index in [-0.39, 0.29) is 34.5 Å². The SMILES string of the molecule is CCOC(=O)C1=C(C(=O)O)N2C(=O)[C@@H](NC(=O)/C(=N\OC)c3csc(NC(=O)OC(C)(C)C)n3)[C@H]2SC1. The lowest BCUT2D eigenvalue weighted by Crippen LogP contribution is -2.71. The average Bonchev–Trinajstić information content (AvgIpc) is 3.26. The van der Waals surface area contributed by atoms with E-state index in [1.165, 1.54) is 12.5 Å². The molecule has 1 aromatic rings. The van der Waals surface area contributed by atoms with Crippen LogP contribution in [0.25, 0.3) is 0 Å². The molecule has 0 spiro atoms. The number of thioether (sulfide) groups is 1. The number of nitrogens with zero attached hydrogens (tertiary/aromatic N) is 3. The van der Waals surface area contributed by atoms with Crippen molar-refractivity contribution in [3.8, 4) is 0 Å². The Hall–Kier alpha value is -3.66. The summed E-state index contributed by atoms with van der Waals surface area (Å²) in [5.74, 6) is -3.83. The molecular weight excluding hydrogens is 530 g/mol. The van der Waals surface area contributed by atoms with Crippen molar-refractivity contribution in [1.82, 2.24) is 15.2 Å². The molecule has 14 nitrogen and oxygen atoms in total. The Morgan fingerprint density at radius 1 is 1.30 bits per heavy atom. The molecule has 0 aliphatic carbocycles. The van der Waals surface area contributed by atoms with Gasteiger partial charge in [-0.05, 0) is 27.7 Å². The largest absolute Gasteiger partial charge is 0.477 e. The van der Waals surface area contributed by atoms with Crippen molar-refractivity contribution in [2.45, 2.75) is 44.7 Å². The minimum atomic E-state index is -1.46. The van der Waals surface area contributed by atoms with E-state index in [2.05, 4.69) is 20.8 Å². The van der Waals surface area contributed by atoms with E-state index < -0.39 is 52.6 Å². The molecule has 3 heterocycles. The van der Waals surface area contributed by atoms with Crippen LogP contribution in [-0.4, -0.2) is 87.0 Å². The maximum atomic E-state index is 13.0. The van der Waals surface area contributed by atoms with Gasteiger partial charge in [-0.15, -0.1) is 23.1 Å². The van der Waals surface area contributed by atoms with Crippen LogP contribution in [0.15, 0.2) is 21.8 Å². The Kier molecular flexibility index (Phi) is 8.42. The Bertz CT molecular complexity index is 1190. The fourth-order valence-electron chi connectivity index (χ4n) is 3.33. The van der Waals surface area contributed by atoms with Crippen molar-refractivity contribution in [3.63, 3.8) is 0 Å². The highest BCUT2D eigenvalue weighted by Gasteiger charge is 2.55. The normalized spacial score (nSPS) is 19.4. The number of oxime groups is 1. The Morgan fingerprint density at radius 3 is 2.59 bits per heavy atom. The van der Waals surface area contributed by atoms with Crippen LogP contribution in [0, 0.1) is 0 Å². The fourth-order valence-corrected chi connectivity index (χ4v) is 5.34. The van der Waals surface area contributed by atoms with Gasteiger partial charge in [0.2, 0.25) is 0 Å². The number of carbonyl (C=O) groups is 5. The van der Waals surface area contributed by atoms with Crippen LogP contribution < -0.4 is 10.6 Å². The molecule has 2 aliphatic rings. The van der Waals surface area contributed by atoms with Gasteiger partial charge in [0.05, 0.1) is 12.2 Å². The van der Waals surface area contributed by atoms with Crippen molar-refractivity contribution < 1.29 is 43.4 Å². The number of thiazole rings is 1. The maximum absolute atomic E-state index is 13.0. The third-order valence-corrected chi connectivity index (χ3v) is 6.77. The van der Waals surface area contributed by atoms with Gasteiger partial charge in [-0.2, -0.15) is 0 Å². The summed E-state index contributed by atoms with van der Waals surface area (Å²) in [5.41, 5.74) is -1.54. The van der Waals surface area contributed by atoms with Crippen LogP contribution in [0.1, 0.15) is 33.4 Å². The van der Waals surface area contributed by atoms with E-state index in [0.29, 0.717) is 0 Å². The topological polar surface area (TPSA) is 186 Å². The Morgan fingerprint density at radius 2 is 2.00 bits per heavy atom. The number of aliphatic carboxylic acids is 1. The van der Waals surface area contributed by atoms with Crippen molar-refractivity contribution >= 4 is 63.8 Å². The number of amides is 3. The lowest BCUT2D eigenvalue weighted by atomic mass is 10.0. The van der Waals surface area contributed by atoms with Crippen molar-refractivity contribution in [1.29, 1.82) is 0 Å². The first-order chi connectivity index (χ1) is 17.4. The molecule has 1 saturated heterocycles. The second kappa shape index (κ2) is 11.2. The number of carboxylic acid groups (broad SMARTS) is 1. The number of nitrogens with one attached hydrogen (secondary N) is 2. The third kappa shape index (κ3) is 6.19. The molecule has 3 amide bonds. The molecule has 3 N–H and O–H groups in total. The molecule has 0 unspecified atom stereocenters. The van der Waals surface area contributed by atoms with Crippen molar-refractivity contribution in [2.75, 3.05) is 24.8 Å². The number of carboxylic acids is 1. The quantitative estimate of drug-likeness (QED) is 0.181. The number of rotatable bonds is 8. The summed E-state index contributed by atoms with van der Waals surface area (Å²) in [6.07, 6.45) is -0.734. The van der Waals surface area contributed by atoms with E-state index in [4.69, 9.17) is 14.3 Å². The van der Waals surface area contributed by atoms with E-state index in [1.54, 1.807) is 27.7 Å². The number of fused-ring (bicyclic) bond motifs is 1. The lowest BCUT2D eigenvalue weighted by Gasteiger charge is -2.49. The Balaban J connectivity index is 1.74. The van der Waals surface area contributed by atoms with E-state index in [1.807, 2.05) is 0 Å². The first-order valence-corrected chi connectivity index (χ1v) is 12.8. The van der Waals surface area contributed by atoms with Gasteiger partial charge >= 0.3 is 18.0 Å². The molecule has 3 rings (SSSR count). The number of hydrogen-bond acceptors (Lipinski definition) is 12. The molecule has 2 aliphatic heterocycles. The zero-order valence-corrected chi connectivity index (χ0v) is 22.2. The molecule has 0 aromatic carbocycles. The molecule has 0 saturated carbocycles. The molecule has 1 fully saturated rings. The van der Waals surface area contributed by atoms with Gasteiger partial charge < -0.3 is 24.7 Å². The standard InChI is InChI=1S/C21H25N5O9S2/c1-6-34-18(31)9-7-36-16-12(15(28)26(16)13(9)17(29)30)23-14(27)11(25-33-5)10-8-37-19(22-10)24-20(32)35-21(2,3)4/h8,12,16H,6-7H2,1-5H3,(H,23,27)(H,29,30)(H,22,24,32)/b25-11-/t12-,16-/m1/s1. The molecule has 37 heavy (non-hydrogen) atoms. The number of anilines is 1. The number of esters is 1. The molecule has 1 aromatic heterocycles. The van der Waals surface area contributed by atoms with Gasteiger partial charge in [-0.25, -0.2) is 19.4 Å². The Labute approximate surface area is 219 Å². The van der Waals surface area contributed by atoms with Crippen LogP contribution in [0.5, 0.6) is 0 Å². The molecular formula is C21H25N5O9S2. The first kappa shape index (κ1) is 27.9. The summed E-state index contributed by atoms with van der Waals surface area (Å²) in [4.78, 5) is 71.7. The summed E-state index contributed by atoms with van der Waals surface area (Å²) in [5, 5.41) is 19.1. The third-order valence-electron chi connectivity index (χ3n) is 4.73. The van der Waals surface area contributed by atoms with Crippen LogP contribution in [0.4, 0.5) is 9.93 Å². The fraction of sp³-hybridized carbons (Fsp3) is 0.476. The van der Waals surface area contributed by atoms with E-state index in [9.17, 15) is 29.1 Å². The van der Waals surface area contributed by atoms with Gasteiger partial charge in [0.1, 0.15) is 35.5 Å². The van der Waals surface area contributed by atoms with Gasteiger partial charge in [0.25, 0.3) is 11.8 Å². The zero-order valence-electron chi connectivity index (χ0n) is 20.5. The van der Waals surface area contributed by atoms with Crippen molar-refractivity contribution in [2.24, 2.45) is 5.16 Å². The highest BCUT2D eigenvalue weighted by Crippen LogP contribution is 2.40. The summed E-state index contributed by atoms with van der Waals surface area (Å²) < 4.78 is 10.1. The lowest BCUT2D eigenvalue weighted by molar-refractivity contribution is -0.151. The van der Waals surface area contributed by atoms with Gasteiger partial charge in [0.15, 0.2) is 10.8 Å². The van der Waals surface area contributed by atoms with Crippen LogP contribution in [-0.2, 0) is 33.5 Å². The van der Waals surface area contributed by atoms with Crippen LogP contribution >= 0.6 is 23.1 Å². The minimum Gasteiger partial charge on any atom is -0.477 e. The number of hydrogen-bond donors (Lipinski definition) is 3. The second-order valence-corrected chi connectivity index (χ2v) is 10.5. The number of β-lactam (4-membered cyclic amide) rings is 1. The minimum absolute atomic E-state index is 0.0217. The number of aromatic nitrogens is 1. The predicted octanol–water partition coefficient (Wildman–Crippen LogP) is 1.14. The molecule has 0 radical (unpaired) electrons. The zero-order chi connectivity index (χ0) is 27.5. The van der Waals surface area contributed by atoms with Crippen molar-refractivity contribution in [3.05, 3.63) is 22.3 Å². The molecule has 2 atom stereocenters. The van der Waals surface area contributed by atoms with Crippen LogP contribution in [0.3, 0.4) is 0 Å². The van der Waals surface area contributed by atoms with Gasteiger partial charge in [0, 0.05) is 11.1 Å². The predicted molar refractivity (Wildman–Crippen MR) is 132 cm³/mol. The van der Waals surface area contributed by atoms with Gasteiger partial charge in [-0.3, -0.25) is 19.8 Å². The van der Waals surface area contributed by atoms with Crippen LogP contribution in [0.2, 0.25) is 0 Å². The average molecular weight is 556 g/mol. The summed E-state index contributed by atoms with van der Waals surface area (Å²) >= 11 is 2.12. The molecule has 0 bridgehead atoms.